The number of nitrogens with zero attached hydrogens (tertiary/aromatic N) is 1. The highest BCUT2D eigenvalue weighted by Gasteiger charge is 2.36. The van der Waals surface area contributed by atoms with Gasteiger partial charge in [0.15, 0.2) is 8.32 Å². The lowest BCUT2D eigenvalue weighted by molar-refractivity contribution is 0.291. The lowest BCUT2D eigenvalue weighted by atomic mass is 10.2. The molecule has 0 aromatic carbocycles. The average molecular weight is 311 g/mol. The molecule has 1 N–H and O–H groups in total. The summed E-state index contributed by atoms with van der Waals surface area (Å²) in [6, 6.07) is 5.81. The zero-order valence-electron chi connectivity index (χ0n) is 12.9. The van der Waals surface area contributed by atoms with E-state index in [4.69, 9.17) is 16.0 Å². The highest BCUT2D eigenvalue weighted by atomic mass is 35.5. The Labute approximate surface area is 126 Å². The van der Waals surface area contributed by atoms with Gasteiger partial charge < -0.3 is 9.41 Å². The number of aromatic amines is 1. The van der Waals surface area contributed by atoms with Gasteiger partial charge in [0.1, 0.15) is 5.15 Å². The molecule has 0 aliphatic heterocycles. The van der Waals surface area contributed by atoms with Gasteiger partial charge in [0.2, 0.25) is 0 Å². The van der Waals surface area contributed by atoms with Crippen molar-refractivity contribution in [1.82, 2.24) is 9.97 Å². The van der Waals surface area contributed by atoms with E-state index < -0.39 is 8.32 Å². The molecule has 0 atom stereocenters. The van der Waals surface area contributed by atoms with Gasteiger partial charge in [-0.2, -0.15) is 0 Å². The van der Waals surface area contributed by atoms with Gasteiger partial charge in [-0.1, -0.05) is 32.4 Å². The minimum absolute atomic E-state index is 0.253. The van der Waals surface area contributed by atoms with Crippen LogP contribution in [0.15, 0.2) is 18.2 Å². The van der Waals surface area contributed by atoms with Crippen molar-refractivity contribution in [3.05, 3.63) is 29.0 Å². The molecular weight excluding hydrogens is 288 g/mol. The lowest BCUT2D eigenvalue weighted by Gasteiger charge is -2.36. The van der Waals surface area contributed by atoms with Crippen molar-refractivity contribution < 1.29 is 4.43 Å². The zero-order chi connectivity index (χ0) is 15.0. The Morgan fingerprint density at radius 2 is 2.00 bits per heavy atom. The Kier molecular flexibility index (Phi) is 4.28. The third-order valence-electron chi connectivity index (χ3n) is 4.14. The van der Waals surface area contributed by atoms with E-state index in [-0.39, 0.29) is 5.04 Å². The second-order valence-electron chi connectivity index (χ2n) is 6.72. The molecule has 5 heteroatoms. The van der Waals surface area contributed by atoms with Crippen molar-refractivity contribution in [2.75, 3.05) is 6.61 Å². The molecule has 0 aliphatic carbocycles. The predicted molar refractivity (Wildman–Crippen MR) is 88.0 cm³/mol. The van der Waals surface area contributed by atoms with E-state index in [0.29, 0.717) is 5.15 Å². The van der Waals surface area contributed by atoms with Crippen LogP contribution in [0.1, 0.15) is 26.5 Å². The van der Waals surface area contributed by atoms with Crippen LogP contribution in [0, 0.1) is 0 Å². The average Bonchev–Trinajstić information content (AvgIpc) is 2.68. The van der Waals surface area contributed by atoms with E-state index in [1.807, 2.05) is 6.07 Å². The molecule has 2 aromatic heterocycles. The maximum atomic E-state index is 6.19. The Hall–Kier alpha value is -0.843. The minimum Gasteiger partial charge on any atom is -0.416 e. The zero-order valence-corrected chi connectivity index (χ0v) is 14.6. The predicted octanol–water partition coefficient (Wildman–Crippen LogP) is 4.78. The second-order valence-corrected chi connectivity index (χ2v) is 11.9. The molecule has 2 rings (SSSR count). The van der Waals surface area contributed by atoms with Crippen LogP contribution in [0.25, 0.3) is 11.0 Å². The molecule has 20 heavy (non-hydrogen) atoms. The van der Waals surface area contributed by atoms with Gasteiger partial charge in [0.25, 0.3) is 0 Å². The van der Waals surface area contributed by atoms with Crippen LogP contribution in [-0.2, 0) is 10.8 Å². The van der Waals surface area contributed by atoms with E-state index in [0.717, 1.165) is 29.8 Å². The fraction of sp³-hybridized carbons (Fsp3) is 0.533. The number of rotatable bonds is 4. The molecule has 0 unspecified atom stereocenters. The molecule has 3 nitrogen and oxygen atoms in total. The molecule has 2 aromatic rings. The number of nitrogens with one attached hydrogen (secondary N) is 1. The summed E-state index contributed by atoms with van der Waals surface area (Å²) in [4.78, 5) is 7.66. The lowest BCUT2D eigenvalue weighted by Crippen LogP contribution is -2.41. The third-order valence-corrected chi connectivity index (χ3v) is 8.89. The fourth-order valence-electron chi connectivity index (χ4n) is 1.81. The van der Waals surface area contributed by atoms with Gasteiger partial charge in [-0.25, -0.2) is 4.98 Å². The number of hydrogen-bond donors (Lipinski definition) is 1. The number of hydrogen-bond acceptors (Lipinski definition) is 2. The summed E-state index contributed by atoms with van der Waals surface area (Å²) >= 11 is 5.90. The number of aromatic nitrogens is 2. The van der Waals surface area contributed by atoms with Gasteiger partial charge in [-0.05, 0) is 36.3 Å². The fourth-order valence-corrected chi connectivity index (χ4v) is 3.01. The van der Waals surface area contributed by atoms with Gasteiger partial charge in [-0.15, -0.1) is 0 Å². The molecule has 0 amide bonds. The first-order chi connectivity index (χ1) is 9.19. The SMILES string of the molecule is CC(C)(C)[Si](C)(C)OCCc1cc2nc(Cl)ccc2[nH]1. The summed E-state index contributed by atoms with van der Waals surface area (Å²) < 4.78 is 6.19. The van der Waals surface area contributed by atoms with Crippen molar-refractivity contribution in [3.63, 3.8) is 0 Å². The maximum Gasteiger partial charge on any atom is 0.191 e. The molecule has 0 saturated carbocycles. The highest BCUT2D eigenvalue weighted by molar-refractivity contribution is 6.74. The van der Waals surface area contributed by atoms with Gasteiger partial charge in [0, 0.05) is 18.7 Å². The van der Waals surface area contributed by atoms with Crippen LogP contribution in [0.3, 0.4) is 0 Å². The molecule has 0 aliphatic rings. The number of fused-ring (bicyclic) bond motifs is 1. The van der Waals surface area contributed by atoms with Crippen molar-refractivity contribution in [2.45, 2.75) is 45.3 Å². The second kappa shape index (κ2) is 5.51. The highest BCUT2D eigenvalue weighted by Crippen LogP contribution is 2.36. The summed E-state index contributed by atoms with van der Waals surface area (Å²) in [5.74, 6) is 0. The van der Waals surface area contributed by atoms with Crippen LogP contribution >= 0.6 is 11.6 Å². The molecular formula is C15H23ClN2OSi. The monoisotopic (exact) mass is 310 g/mol. The summed E-state index contributed by atoms with van der Waals surface area (Å²) in [5.41, 5.74) is 3.09. The Morgan fingerprint density at radius 3 is 2.65 bits per heavy atom. The molecule has 0 fully saturated rings. The van der Waals surface area contributed by atoms with Crippen LogP contribution in [-0.4, -0.2) is 24.9 Å². The molecule has 110 valence electrons. The molecule has 0 spiro atoms. The van der Waals surface area contributed by atoms with E-state index >= 15 is 0 Å². The number of H-pyrrole nitrogens is 1. The van der Waals surface area contributed by atoms with Crippen molar-refractivity contribution in [3.8, 4) is 0 Å². The first-order valence-corrected chi connectivity index (χ1v) is 10.3. The minimum atomic E-state index is -1.66. The van der Waals surface area contributed by atoms with Crippen LogP contribution in [0.5, 0.6) is 0 Å². The Balaban J connectivity index is 2.00. The van der Waals surface area contributed by atoms with Crippen LogP contribution < -0.4 is 0 Å². The van der Waals surface area contributed by atoms with Crippen molar-refractivity contribution in [2.24, 2.45) is 0 Å². The van der Waals surface area contributed by atoms with E-state index in [9.17, 15) is 0 Å². The first kappa shape index (κ1) is 15.5. The summed E-state index contributed by atoms with van der Waals surface area (Å²) in [6.07, 6.45) is 0.875. The molecule has 0 saturated heterocycles. The quantitative estimate of drug-likeness (QED) is 0.652. The maximum absolute atomic E-state index is 6.19. The smallest absolute Gasteiger partial charge is 0.191 e. The summed E-state index contributed by atoms with van der Waals surface area (Å²) in [5, 5.41) is 0.781. The van der Waals surface area contributed by atoms with E-state index in [1.54, 1.807) is 6.07 Å². The Bertz CT molecular complexity index is 601. The number of halogens is 1. The third kappa shape index (κ3) is 3.43. The Morgan fingerprint density at radius 1 is 1.30 bits per heavy atom. The molecule has 0 radical (unpaired) electrons. The largest absolute Gasteiger partial charge is 0.416 e. The van der Waals surface area contributed by atoms with Crippen molar-refractivity contribution in [1.29, 1.82) is 0 Å². The van der Waals surface area contributed by atoms with Crippen molar-refractivity contribution >= 4 is 31.0 Å². The van der Waals surface area contributed by atoms with Crippen LogP contribution in [0.2, 0.25) is 23.3 Å². The molecule has 0 bridgehead atoms. The standard InChI is InChI=1S/C15H23ClN2OSi/c1-15(2,3)20(4,5)19-9-8-11-10-13-12(17-11)6-7-14(16)18-13/h6-7,10,17H,8-9H2,1-5H3. The van der Waals surface area contributed by atoms with Gasteiger partial charge >= 0.3 is 0 Å². The topological polar surface area (TPSA) is 37.9 Å². The first-order valence-electron chi connectivity index (χ1n) is 6.97. The van der Waals surface area contributed by atoms with Gasteiger partial charge in [-0.3, -0.25) is 0 Å². The van der Waals surface area contributed by atoms with Gasteiger partial charge in [0.05, 0.1) is 11.0 Å². The normalized spacial score (nSPS) is 13.1. The van der Waals surface area contributed by atoms with Crippen LogP contribution in [0.4, 0.5) is 0 Å². The van der Waals surface area contributed by atoms with E-state index in [2.05, 4.69) is 49.9 Å². The number of pyridine rings is 1. The van der Waals surface area contributed by atoms with E-state index in [1.165, 1.54) is 0 Å². The molecule has 2 heterocycles. The summed E-state index contributed by atoms with van der Waals surface area (Å²) in [7, 11) is -1.66. The summed E-state index contributed by atoms with van der Waals surface area (Å²) in [6.45, 7) is 12.1.